The lowest BCUT2D eigenvalue weighted by Crippen LogP contribution is -2.40. The lowest BCUT2D eigenvalue weighted by atomic mass is 10.1. The molecule has 1 unspecified atom stereocenters. The Kier molecular flexibility index (Phi) is 3.47. The molecule has 1 aliphatic heterocycles. The van der Waals surface area contributed by atoms with Gasteiger partial charge >= 0.3 is 0 Å². The fourth-order valence-electron chi connectivity index (χ4n) is 2.32. The number of hydrogen-bond acceptors (Lipinski definition) is 4. The van der Waals surface area contributed by atoms with E-state index in [-0.39, 0.29) is 24.1 Å². The number of H-pyrrole nitrogens is 1. The summed E-state index contributed by atoms with van der Waals surface area (Å²) in [5.41, 5.74) is 0.916. The SMILES string of the molecule is Cc1n[nH]c(=O)c(C(=O)N2CCCC2CO)c1C. The Hall–Kier alpha value is -1.69. The van der Waals surface area contributed by atoms with Gasteiger partial charge in [0.2, 0.25) is 0 Å². The van der Waals surface area contributed by atoms with Crippen molar-refractivity contribution >= 4 is 5.91 Å². The number of aliphatic hydroxyl groups is 1. The number of rotatable bonds is 2. The minimum absolute atomic E-state index is 0.0627. The molecule has 0 spiro atoms. The molecule has 1 amide bonds. The van der Waals surface area contributed by atoms with Gasteiger partial charge in [0.15, 0.2) is 0 Å². The summed E-state index contributed by atoms with van der Waals surface area (Å²) in [7, 11) is 0. The fourth-order valence-corrected chi connectivity index (χ4v) is 2.32. The van der Waals surface area contributed by atoms with Crippen LogP contribution in [-0.4, -0.2) is 45.3 Å². The molecule has 0 saturated carbocycles. The van der Waals surface area contributed by atoms with Gasteiger partial charge < -0.3 is 10.0 Å². The first-order chi connectivity index (χ1) is 8.56. The summed E-state index contributed by atoms with van der Waals surface area (Å²) in [4.78, 5) is 25.7. The zero-order valence-corrected chi connectivity index (χ0v) is 10.6. The van der Waals surface area contributed by atoms with Crippen LogP contribution in [-0.2, 0) is 0 Å². The molecule has 0 radical (unpaired) electrons. The van der Waals surface area contributed by atoms with E-state index < -0.39 is 5.56 Å². The van der Waals surface area contributed by atoms with Gasteiger partial charge in [-0.05, 0) is 32.3 Å². The molecule has 0 aliphatic carbocycles. The largest absolute Gasteiger partial charge is 0.394 e. The monoisotopic (exact) mass is 251 g/mol. The molecule has 1 aromatic heterocycles. The molecule has 6 heteroatoms. The number of aromatic nitrogens is 2. The molecular formula is C12H17N3O3. The van der Waals surface area contributed by atoms with Gasteiger partial charge in [-0.3, -0.25) is 9.59 Å². The second-order valence-corrected chi connectivity index (χ2v) is 4.62. The van der Waals surface area contributed by atoms with Crippen molar-refractivity contribution in [1.82, 2.24) is 15.1 Å². The maximum Gasteiger partial charge on any atom is 0.277 e. The summed E-state index contributed by atoms with van der Waals surface area (Å²) in [5.74, 6) is -0.309. The van der Waals surface area contributed by atoms with E-state index >= 15 is 0 Å². The maximum atomic E-state index is 12.4. The van der Waals surface area contributed by atoms with Gasteiger partial charge in [0.1, 0.15) is 5.56 Å². The number of carbonyl (C=O) groups excluding carboxylic acids is 1. The topological polar surface area (TPSA) is 86.3 Å². The smallest absolute Gasteiger partial charge is 0.277 e. The van der Waals surface area contributed by atoms with Crippen molar-refractivity contribution in [3.8, 4) is 0 Å². The maximum absolute atomic E-state index is 12.4. The number of nitrogens with one attached hydrogen (secondary N) is 1. The van der Waals surface area contributed by atoms with Gasteiger partial charge in [0, 0.05) is 6.54 Å². The van der Waals surface area contributed by atoms with Crippen molar-refractivity contribution in [2.45, 2.75) is 32.7 Å². The molecule has 1 fully saturated rings. The van der Waals surface area contributed by atoms with Gasteiger partial charge in [-0.2, -0.15) is 5.10 Å². The third kappa shape index (κ3) is 2.03. The number of likely N-dealkylation sites (tertiary alicyclic amines) is 1. The fraction of sp³-hybridized carbons (Fsp3) is 0.583. The van der Waals surface area contributed by atoms with Gasteiger partial charge in [0.25, 0.3) is 11.5 Å². The summed E-state index contributed by atoms with van der Waals surface area (Å²) in [6.07, 6.45) is 1.64. The second-order valence-electron chi connectivity index (χ2n) is 4.62. The van der Waals surface area contributed by atoms with E-state index in [2.05, 4.69) is 10.2 Å². The second kappa shape index (κ2) is 4.89. The van der Waals surface area contributed by atoms with Crippen molar-refractivity contribution in [2.24, 2.45) is 0 Å². The molecule has 0 bridgehead atoms. The Bertz CT molecular complexity index is 524. The molecule has 0 aromatic carbocycles. The molecule has 1 aromatic rings. The van der Waals surface area contributed by atoms with Crippen LogP contribution < -0.4 is 5.56 Å². The third-order valence-electron chi connectivity index (χ3n) is 3.53. The quantitative estimate of drug-likeness (QED) is 0.773. The van der Waals surface area contributed by atoms with Crippen molar-refractivity contribution in [3.05, 3.63) is 27.2 Å². The van der Waals surface area contributed by atoms with Crippen molar-refractivity contribution in [1.29, 1.82) is 0 Å². The van der Waals surface area contributed by atoms with Crippen LogP contribution >= 0.6 is 0 Å². The van der Waals surface area contributed by atoms with Crippen LogP contribution in [0.5, 0.6) is 0 Å². The van der Waals surface area contributed by atoms with Gasteiger partial charge in [-0.25, -0.2) is 5.10 Å². The lowest BCUT2D eigenvalue weighted by molar-refractivity contribution is 0.0674. The Balaban J connectivity index is 2.40. The van der Waals surface area contributed by atoms with Gasteiger partial charge in [0.05, 0.1) is 18.3 Å². The molecule has 2 N–H and O–H groups in total. The van der Waals surface area contributed by atoms with Crippen molar-refractivity contribution in [2.75, 3.05) is 13.2 Å². The van der Waals surface area contributed by atoms with E-state index in [0.29, 0.717) is 17.8 Å². The summed E-state index contributed by atoms with van der Waals surface area (Å²) in [6.45, 7) is 3.99. The highest BCUT2D eigenvalue weighted by atomic mass is 16.3. The zero-order valence-electron chi connectivity index (χ0n) is 10.6. The van der Waals surface area contributed by atoms with Crippen LogP contribution in [0.25, 0.3) is 0 Å². The summed E-state index contributed by atoms with van der Waals surface area (Å²) >= 11 is 0. The summed E-state index contributed by atoms with van der Waals surface area (Å²) < 4.78 is 0. The van der Waals surface area contributed by atoms with Gasteiger partial charge in [-0.15, -0.1) is 0 Å². The minimum atomic E-state index is -0.466. The molecule has 2 heterocycles. The number of aliphatic hydroxyl groups excluding tert-OH is 1. The Morgan fingerprint density at radius 1 is 1.56 bits per heavy atom. The Labute approximate surface area is 105 Å². The Morgan fingerprint density at radius 2 is 2.28 bits per heavy atom. The van der Waals surface area contributed by atoms with Crippen molar-refractivity contribution in [3.63, 3.8) is 0 Å². The van der Waals surface area contributed by atoms with E-state index in [0.717, 1.165) is 12.8 Å². The Morgan fingerprint density at radius 3 is 2.94 bits per heavy atom. The van der Waals surface area contributed by atoms with Crippen LogP contribution in [0.2, 0.25) is 0 Å². The van der Waals surface area contributed by atoms with E-state index in [9.17, 15) is 14.7 Å². The molecular weight excluding hydrogens is 234 g/mol. The van der Waals surface area contributed by atoms with Crippen LogP contribution in [0, 0.1) is 13.8 Å². The molecule has 2 rings (SSSR count). The standard InChI is InChI=1S/C12H17N3O3/c1-7-8(2)13-14-11(17)10(7)12(18)15-5-3-4-9(15)6-16/h9,16H,3-6H2,1-2H3,(H,14,17). The molecule has 1 saturated heterocycles. The number of nitrogens with zero attached hydrogens (tertiary/aromatic N) is 2. The summed E-state index contributed by atoms with van der Waals surface area (Å²) in [5, 5.41) is 15.4. The highest BCUT2D eigenvalue weighted by Crippen LogP contribution is 2.20. The number of aromatic amines is 1. The predicted octanol–water partition coefficient (Wildman–Crippen LogP) is -0.0164. The van der Waals surface area contributed by atoms with E-state index in [4.69, 9.17) is 0 Å². The van der Waals surface area contributed by atoms with Gasteiger partial charge in [-0.1, -0.05) is 0 Å². The molecule has 98 valence electrons. The predicted molar refractivity (Wildman–Crippen MR) is 65.5 cm³/mol. The first-order valence-corrected chi connectivity index (χ1v) is 6.04. The zero-order chi connectivity index (χ0) is 13.3. The average molecular weight is 251 g/mol. The third-order valence-corrected chi connectivity index (χ3v) is 3.53. The molecule has 18 heavy (non-hydrogen) atoms. The van der Waals surface area contributed by atoms with Crippen molar-refractivity contribution < 1.29 is 9.90 Å². The highest BCUT2D eigenvalue weighted by molar-refractivity contribution is 5.95. The number of amides is 1. The van der Waals surface area contributed by atoms with Crippen LogP contribution in [0.15, 0.2) is 4.79 Å². The van der Waals surface area contributed by atoms with E-state index in [1.807, 2.05) is 0 Å². The first-order valence-electron chi connectivity index (χ1n) is 6.04. The summed E-state index contributed by atoms with van der Waals surface area (Å²) in [6, 6.07) is -0.176. The number of hydrogen-bond donors (Lipinski definition) is 2. The molecule has 6 nitrogen and oxygen atoms in total. The van der Waals surface area contributed by atoms with Crippen LogP contribution in [0.1, 0.15) is 34.5 Å². The molecule has 1 atom stereocenters. The van der Waals surface area contributed by atoms with Crippen LogP contribution in [0.4, 0.5) is 0 Å². The van der Waals surface area contributed by atoms with E-state index in [1.54, 1.807) is 18.7 Å². The first kappa shape index (κ1) is 12.8. The number of aryl methyl sites for hydroxylation is 1. The average Bonchev–Trinajstić information content (AvgIpc) is 2.82. The lowest BCUT2D eigenvalue weighted by Gasteiger charge is -2.23. The normalized spacial score (nSPS) is 19.3. The molecule has 1 aliphatic rings. The van der Waals surface area contributed by atoms with Crippen LogP contribution in [0.3, 0.4) is 0 Å². The minimum Gasteiger partial charge on any atom is -0.394 e. The van der Waals surface area contributed by atoms with E-state index in [1.165, 1.54) is 0 Å². The highest BCUT2D eigenvalue weighted by Gasteiger charge is 2.31. The number of carbonyl (C=O) groups is 1.